The van der Waals surface area contributed by atoms with Gasteiger partial charge in [-0.05, 0) is 43.7 Å². The summed E-state index contributed by atoms with van der Waals surface area (Å²) >= 11 is 0. The molecule has 0 amide bonds. The van der Waals surface area contributed by atoms with E-state index in [1.807, 2.05) is 32.0 Å². The van der Waals surface area contributed by atoms with Gasteiger partial charge in [0.05, 0.1) is 0 Å². The number of halogens is 3. The Morgan fingerprint density at radius 3 is 2.52 bits per heavy atom. The number of rotatable bonds is 5. The lowest BCUT2D eigenvalue weighted by molar-refractivity contribution is -0.154. The van der Waals surface area contributed by atoms with Crippen molar-refractivity contribution in [3.8, 4) is 11.6 Å². The summed E-state index contributed by atoms with van der Waals surface area (Å²) in [5.41, 5.74) is 3.79. The Morgan fingerprint density at radius 1 is 1.04 bits per heavy atom. The van der Waals surface area contributed by atoms with Crippen LogP contribution in [0.5, 0.6) is 11.6 Å². The van der Waals surface area contributed by atoms with Gasteiger partial charge in [-0.25, -0.2) is 0 Å². The first-order valence-corrected chi connectivity index (χ1v) is 7.56. The van der Waals surface area contributed by atoms with Gasteiger partial charge in [-0.2, -0.15) is 13.2 Å². The van der Waals surface area contributed by atoms with Crippen LogP contribution in [0.4, 0.5) is 13.2 Å². The number of aromatic amines is 1. The van der Waals surface area contributed by atoms with Crippen LogP contribution >= 0.6 is 0 Å². The van der Waals surface area contributed by atoms with Gasteiger partial charge in [-0.3, -0.25) is 0 Å². The number of nitrogens with one attached hydrogen (secondary N) is 1. The second kappa shape index (κ2) is 6.62. The average Bonchev–Trinajstić information content (AvgIpc) is 2.86. The van der Waals surface area contributed by atoms with E-state index in [0.717, 1.165) is 22.2 Å². The van der Waals surface area contributed by atoms with Crippen molar-refractivity contribution in [3.05, 3.63) is 47.3 Å². The molecule has 2 heterocycles. The molecule has 0 aliphatic rings. The highest BCUT2D eigenvalue weighted by Gasteiger charge is 2.28. The maximum Gasteiger partial charge on any atom is 0.422 e. The molecule has 2 aromatic heterocycles. The van der Waals surface area contributed by atoms with E-state index in [1.54, 1.807) is 0 Å². The van der Waals surface area contributed by atoms with Crippen LogP contribution in [0.25, 0.3) is 10.9 Å². The average molecular weight is 351 g/mol. The number of alkyl halides is 3. The van der Waals surface area contributed by atoms with Crippen molar-refractivity contribution in [2.24, 2.45) is 0 Å². The fourth-order valence-electron chi connectivity index (χ4n) is 2.34. The molecular weight excluding hydrogens is 335 g/mol. The number of aryl methyl sites for hydroxylation is 2. The zero-order valence-electron chi connectivity index (χ0n) is 13.6. The van der Waals surface area contributed by atoms with Crippen molar-refractivity contribution in [2.75, 3.05) is 6.61 Å². The van der Waals surface area contributed by atoms with E-state index >= 15 is 0 Å². The molecule has 0 unspecified atom stereocenters. The number of hydrogen-bond acceptors (Lipinski definition) is 4. The summed E-state index contributed by atoms with van der Waals surface area (Å²) in [4.78, 5) is 3.28. The zero-order valence-corrected chi connectivity index (χ0v) is 13.6. The molecule has 0 bridgehead atoms. The lowest BCUT2D eigenvalue weighted by atomic mass is 10.1. The fourth-order valence-corrected chi connectivity index (χ4v) is 2.34. The maximum absolute atomic E-state index is 12.1. The number of benzene rings is 1. The number of fused-ring (bicyclic) bond motifs is 1. The highest BCUT2D eigenvalue weighted by Crippen LogP contribution is 2.26. The number of aromatic nitrogens is 3. The summed E-state index contributed by atoms with van der Waals surface area (Å²) in [6.45, 7) is 2.80. The largest absolute Gasteiger partial charge is 0.487 e. The van der Waals surface area contributed by atoms with E-state index < -0.39 is 12.8 Å². The van der Waals surface area contributed by atoms with Crippen LogP contribution < -0.4 is 9.47 Å². The molecule has 3 aromatic rings. The zero-order chi connectivity index (χ0) is 18.0. The van der Waals surface area contributed by atoms with E-state index in [4.69, 9.17) is 4.74 Å². The summed E-state index contributed by atoms with van der Waals surface area (Å²) in [6.07, 6.45) is -4.41. The smallest absolute Gasteiger partial charge is 0.422 e. The predicted molar refractivity (Wildman–Crippen MR) is 85.7 cm³/mol. The van der Waals surface area contributed by atoms with Crippen LogP contribution in [0, 0.1) is 13.8 Å². The van der Waals surface area contributed by atoms with Gasteiger partial charge in [0, 0.05) is 22.7 Å². The SMILES string of the molecule is Cc1[nH]c2ccc(OCc3ccc(OCC(F)(F)F)nn3)cc2c1C. The molecule has 132 valence electrons. The van der Waals surface area contributed by atoms with E-state index in [-0.39, 0.29) is 12.5 Å². The van der Waals surface area contributed by atoms with Crippen molar-refractivity contribution in [3.63, 3.8) is 0 Å². The molecule has 3 rings (SSSR count). The van der Waals surface area contributed by atoms with Crippen LogP contribution in [0.3, 0.4) is 0 Å². The third-order valence-corrected chi connectivity index (χ3v) is 3.75. The number of H-pyrrole nitrogens is 1. The quantitative estimate of drug-likeness (QED) is 0.752. The minimum absolute atomic E-state index is 0.153. The third-order valence-electron chi connectivity index (χ3n) is 3.75. The van der Waals surface area contributed by atoms with Gasteiger partial charge < -0.3 is 14.5 Å². The molecule has 0 spiro atoms. The van der Waals surface area contributed by atoms with Crippen molar-refractivity contribution in [2.45, 2.75) is 26.6 Å². The summed E-state index contributed by atoms with van der Waals surface area (Å²) in [6, 6.07) is 8.56. The van der Waals surface area contributed by atoms with Crippen LogP contribution in [-0.4, -0.2) is 28.0 Å². The van der Waals surface area contributed by atoms with Crippen LogP contribution in [0.2, 0.25) is 0 Å². The molecule has 8 heteroatoms. The molecular formula is C17H16F3N3O2. The van der Waals surface area contributed by atoms with E-state index in [0.29, 0.717) is 11.4 Å². The fraction of sp³-hybridized carbons (Fsp3) is 0.294. The standard InChI is InChI=1S/C17H16F3N3O2/c1-10-11(2)21-15-5-4-13(7-14(10)15)24-8-12-3-6-16(23-22-12)25-9-17(18,19)20/h3-7,21H,8-9H2,1-2H3. The molecule has 25 heavy (non-hydrogen) atoms. The first kappa shape index (κ1) is 17.1. The van der Waals surface area contributed by atoms with E-state index in [9.17, 15) is 13.2 Å². The van der Waals surface area contributed by atoms with Gasteiger partial charge in [0.1, 0.15) is 18.1 Å². The van der Waals surface area contributed by atoms with Crippen LogP contribution in [0.1, 0.15) is 17.0 Å². The Balaban J connectivity index is 1.62. The molecule has 0 aliphatic heterocycles. The van der Waals surface area contributed by atoms with Gasteiger partial charge in [-0.15, -0.1) is 10.2 Å². The highest BCUT2D eigenvalue weighted by molar-refractivity contribution is 5.85. The first-order valence-electron chi connectivity index (χ1n) is 7.56. The summed E-state index contributed by atoms with van der Waals surface area (Å²) < 4.78 is 46.4. The molecule has 0 fully saturated rings. The van der Waals surface area contributed by atoms with Crippen LogP contribution in [0.15, 0.2) is 30.3 Å². The van der Waals surface area contributed by atoms with Gasteiger partial charge in [-0.1, -0.05) is 0 Å². The van der Waals surface area contributed by atoms with Crippen molar-refractivity contribution in [1.29, 1.82) is 0 Å². The molecule has 0 aliphatic carbocycles. The second-order valence-corrected chi connectivity index (χ2v) is 5.64. The Hall–Kier alpha value is -2.77. The Bertz CT molecular complexity index is 873. The summed E-state index contributed by atoms with van der Waals surface area (Å²) in [5.74, 6) is 0.495. The summed E-state index contributed by atoms with van der Waals surface area (Å²) in [7, 11) is 0. The topological polar surface area (TPSA) is 60.0 Å². The third kappa shape index (κ3) is 4.20. The molecule has 5 nitrogen and oxygen atoms in total. The van der Waals surface area contributed by atoms with Gasteiger partial charge in [0.2, 0.25) is 5.88 Å². The minimum atomic E-state index is -4.41. The van der Waals surface area contributed by atoms with E-state index in [1.165, 1.54) is 12.1 Å². The molecule has 0 atom stereocenters. The van der Waals surface area contributed by atoms with Crippen molar-refractivity contribution < 1.29 is 22.6 Å². The van der Waals surface area contributed by atoms with Gasteiger partial charge in [0.25, 0.3) is 0 Å². The van der Waals surface area contributed by atoms with E-state index in [2.05, 4.69) is 19.9 Å². The molecule has 1 aromatic carbocycles. The highest BCUT2D eigenvalue weighted by atomic mass is 19.4. The molecule has 0 saturated heterocycles. The van der Waals surface area contributed by atoms with Crippen molar-refractivity contribution >= 4 is 10.9 Å². The van der Waals surface area contributed by atoms with Gasteiger partial charge >= 0.3 is 6.18 Å². The minimum Gasteiger partial charge on any atom is -0.487 e. The lowest BCUT2D eigenvalue weighted by Gasteiger charge is -2.08. The molecule has 1 N–H and O–H groups in total. The second-order valence-electron chi connectivity index (χ2n) is 5.64. The Morgan fingerprint density at radius 2 is 1.84 bits per heavy atom. The lowest BCUT2D eigenvalue weighted by Crippen LogP contribution is -2.19. The Kier molecular flexibility index (Phi) is 4.52. The Labute approximate surface area is 141 Å². The summed E-state index contributed by atoms with van der Waals surface area (Å²) in [5, 5.41) is 8.49. The number of hydrogen-bond donors (Lipinski definition) is 1. The predicted octanol–water partition coefficient (Wildman–Crippen LogP) is 4.09. The molecule has 0 saturated carbocycles. The van der Waals surface area contributed by atoms with Gasteiger partial charge in [0.15, 0.2) is 6.61 Å². The normalized spacial score (nSPS) is 11.7. The first-order chi connectivity index (χ1) is 11.8. The number of nitrogens with zero attached hydrogens (tertiary/aromatic N) is 2. The maximum atomic E-state index is 12.1. The van der Waals surface area contributed by atoms with Crippen molar-refractivity contribution in [1.82, 2.24) is 15.2 Å². The van der Waals surface area contributed by atoms with Crippen LogP contribution in [-0.2, 0) is 6.61 Å². The molecule has 0 radical (unpaired) electrons. The monoisotopic (exact) mass is 351 g/mol. The number of ether oxygens (including phenoxy) is 2.